The van der Waals surface area contributed by atoms with Crippen molar-refractivity contribution < 1.29 is 4.68 Å². The molecule has 1 aromatic heterocycles. The van der Waals surface area contributed by atoms with E-state index < -0.39 is 0 Å². The van der Waals surface area contributed by atoms with Crippen LogP contribution in [0.3, 0.4) is 0 Å². The van der Waals surface area contributed by atoms with E-state index >= 15 is 0 Å². The van der Waals surface area contributed by atoms with Crippen molar-refractivity contribution in [3.05, 3.63) is 18.5 Å². The molecular formula is C5H5N2+. The van der Waals surface area contributed by atoms with Crippen molar-refractivity contribution in [3.8, 4) is 12.5 Å². The van der Waals surface area contributed by atoms with Gasteiger partial charge in [-0.15, -0.1) is 0 Å². The molecule has 0 atom stereocenters. The van der Waals surface area contributed by atoms with E-state index in [0.29, 0.717) is 0 Å². The van der Waals surface area contributed by atoms with E-state index in [4.69, 9.17) is 6.42 Å². The summed E-state index contributed by atoms with van der Waals surface area (Å²) in [4.78, 5) is 0. The fraction of sp³-hybridized carbons (Fsp3) is 0. The van der Waals surface area contributed by atoms with E-state index in [1.165, 1.54) is 4.68 Å². The number of aromatic amines is 1. The molecule has 2 heteroatoms. The van der Waals surface area contributed by atoms with Gasteiger partial charge in [0, 0.05) is 6.07 Å². The zero-order valence-corrected chi connectivity index (χ0v) is 3.76. The lowest BCUT2D eigenvalue weighted by molar-refractivity contribution is -0.643. The minimum Gasteiger partial charge on any atom is -0.158 e. The highest BCUT2D eigenvalue weighted by Crippen LogP contribution is 1.63. The predicted molar refractivity (Wildman–Crippen MR) is 25.2 cm³/mol. The Morgan fingerprint density at radius 2 is 2.57 bits per heavy atom. The van der Waals surface area contributed by atoms with Crippen molar-refractivity contribution in [2.24, 2.45) is 0 Å². The Morgan fingerprint density at radius 1 is 1.71 bits per heavy atom. The Bertz CT molecular complexity index is 168. The van der Waals surface area contributed by atoms with E-state index in [1.807, 2.05) is 6.07 Å². The van der Waals surface area contributed by atoms with Crippen molar-refractivity contribution in [1.29, 1.82) is 0 Å². The summed E-state index contributed by atoms with van der Waals surface area (Å²) in [6.07, 6.45) is 8.50. The number of H-pyrrole nitrogens is 1. The molecule has 0 saturated carbocycles. The lowest BCUT2D eigenvalue weighted by atomic mass is 10.8. The highest BCUT2D eigenvalue weighted by molar-refractivity contribution is 4.73. The maximum Gasteiger partial charge on any atom is 0.250 e. The van der Waals surface area contributed by atoms with Gasteiger partial charge in [-0.3, -0.25) is 0 Å². The number of terminal acetylenes is 1. The van der Waals surface area contributed by atoms with E-state index in [9.17, 15) is 0 Å². The largest absolute Gasteiger partial charge is 0.250 e. The van der Waals surface area contributed by atoms with E-state index in [0.717, 1.165) is 0 Å². The van der Waals surface area contributed by atoms with E-state index in [2.05, 4.69) is 11.1 Å². The lowest BCUT2D eigenvalue weighted by Gasteiger charge is -1.62. The van der Waals surface area contributed by atoms with E-state index in [-0.39, 0.29) is 0 Å². The molecule has 1 heterocycles. The Kier molecular flexibility index (Phi) is 0.833. The molecule has 0 spiro atoms. The van der Waals surface area contributed by atoms with Crippen molar-refractivity contribution in [2.45, 2.75) is 0 Å². The first kappa shape index (κ1) is 3.94. The highest BCUT2D eigenvalue weighted by atomic mass is 15.2. The van der Waals surface area contributed by atoms with Gasteiger partial charge in [-0.2, -0.15) is 5.10 Å². The number of aromatic nitrogens is 2. The molecule has 2 nitrogen and oxygen atoms in total. The minimum atomic E-state index is 1.53. The first-order valence-electron chi connectivity index (χ1n) is 1.95. The molecule has 0 unspecified atom stereocenters. The van der Waals surface area contributed by atoms with Gasteiger partial charge in [-0.1, -0.05) is 0 Å². The van der Waals surface area contributed by atoms with Gasteiger partial charge >= 0.3 is 0 Å². The van der Waals surface area contributed by atoms with Crippen LogP contribution < -0.4 is 4.68 Å². The Morgan fingerprint density at radius 3 is 2.86 bits per heavy atom. The standard InChI is InChI=1S/C5H4N2/c1-2-7-5-3-4-6-7/h1,3-5H/p+1. The van der Waals surface area contributed by atoms with Crippen LogP contribution >= 0.6 is 0 Å². The van der Waals surface area contributed by atoms with Crippen LogP contribution in [0, 0.1) is 12.5 Å². The molecule has 1 aromatic rings. The molecule has 1 rings (SSSR count). The summed E-state index contributed by atoms with van der Waals surface area (Å²) in [5, 5.41) is 2.77. The van der Waals surface area contributed by atoms with Crippen molar-refractivity contribution in [2.75, 3.05) is 0 Å². The highest BCUT2D eigenvalue weighted by Gasteiger charge is 1.86. The Balaban J connectivity index is 3.04. The van der Waals surface area contributed by atoms with Crippen LogP contribution in [0.5, 0.6) is 0 Å². The molecule has 34 valence electrons. The van der Waals surface area contributed by atoms with Gasteiger partial charge in [0.1, 0.15) is 0 Å². The second-order valence-electron chi connectivity index (χ2n) is 1.14. The van der Waals surface area contributed by atoms with Gasteiger partial charge in [0.15, 0.2) is 0 Å². The van der Waals surface area contributed by atoms with E-state index in [1.54, 1.807) is 12.4 Å². The monoisotopic (exact) mass is 93.0 g/mol. The molecule has 0 bridgehead atoms. The van der Waals surface area contributed by atoms with Crippen molar-refractivity contribution >= 4 is 0 Å². The first-order valence-corrected chi connectivity index (χ1v) is 1.95. The molecule has 0 aliphatic rings. The quantitative estimate of drug-likeness (QED) is 0.337. The molecule has 0 amide bonds. The third-order valence-corrected chi connectivity index (χ3v) is 0.684. The zero-order chi connectivity index (χ0) is 5.11. The molecule has 0 aliphatic carbocycles. The third kappa shape index (κ3) is 0.606. The maximum absolute atomic E-state index is 4.98. The summed E-state index contributed by atoms with van der Waals surface area (Å²) in [6, 6.07) is 4.20. The first-order chi connectivity index (χ1) is 3.43. The van der Waals surface area contributed by atoms with Gasteiger partial charge < -0.3 is 0 Å². The van der Waals surface area contributed by atoms with Crippen LogP contribution in [0.2, 0.25) is 0 Å². The average molecular weight is 93.1 g/mol. The third-order valence-electron chi connectivity index (χ3n) is 0.684. The number of hydrogen-bond acceptors (Lipinski definition) is 0. The van der Waals surface area contributed by atoms with Crippen LogP contribution in [-0.2, 0) is 0 Å². The van der Waals surface area contributed by atoms with Crippen molar-refractivity contribution in [3.63, 3.8) is 0 Å². The van der Waals surface area contributed by atoms with Gasteiger partial charge in [0.25, 0.3) is 6.04 Å². The minimum absolute atomic E-state index is 1.53. The Labute approximate surface area is 41.8 Å². The average Bonchev–Trinajstić information content (AvgIpc) is 2.14. The van der Waals surface area contributed by atoms with Gasteiger partial charge in [0.05, 0.1) is 6.20 Å². The number of hydrogen-bond donors (Lipinski definition) is 1. The molecule has 0 radical (unpaired) electrons. The van der Waals surface area contributed by atoms with Crippen LogP contribution in [-0.4, -0.2) is 5.10 Å². The SMILES string of the molecule is C#C[n+]1ccc[nH]1. The molecular weight excluding hydrogens is 88.1 g/mol. The van der Waals surface area contributed by atoms with Crippen molar-refractivity contribution in [1.82, 2.24) is 5.10 Å². The fourth-order valence-electron chi connectivity index (χ4n) is 0.376. The maximum atomic E-state index is 4.98. The summed E-state index contributed by atoms with van der Waals surface area (Å²) in [7, 11) is 0. The Hall–Kier alpha value is -1.23. The molecule has 0 fully saturated rings. The van der Waals surface area contributed by atoms with Crippen LogP contribution in [0.4, 0.5) is 0 Å². The smallest absolute Gasteiger partial charge is 0.158 e. The topological polar surface area (TPSA) is 19.7 Å². The van der Waals surface area contributed by atoms with Crippen LogP contribution in [0.25, 0.3) is 0 Å². The molecule has 7 heavy (non-hydrogen) atoms. The second kappa shape index (κ2) is 1.48. The zero-order valence-electron chi connectivity index (χ0n) is 3.76. The van der Waals surface area contributed by atoms with Gasteiger partial charge in [0.2, 0.25) is 6.20 Å². The summed E-state index contributed by atoms with van der Waals surface area (Å²) >= 11 is 0. The summed E-state index contributed by atoms with van der Waals surface area (Å²) in [6.45, 7) is 0. The number of nitrogens with one attached hydrogen (secondary N) is 1. The normalized spacial score (nSPS) is 7.86. The molecule has 0 saturated heterocycles. The fourth-order valence-corrected chi connectivity index (χ4v) is 0.376. The summed E-state index contributed by atoms with van der Waals surface area (Å²) in [5.41, 5.74) is 0. The lowest BCUT2D eigenvalue weighted by Crippen LogP contribution is -2.27. The molecule has 1 N–H and O–H groups in total. The summed E-state index contributed by atoms with van der Waals surface area (Å²) in [5.74, 6) is 0. The molecule has 0 aromatic carbocycles. The van der Waals surface area contributed by atoms with Crippen LogP contribution in [0.1, 0.15) is 0 Å². The second-order valence-corrected chi connectivity index (χ2v) is 1.14. The predicted octanol–water partition coefficient (Wildman–Crippen LogP) is -0.259. The molecule has 0 aliphatic heterocycles. The number of nitrogens with zero attached hydrogens (tertiary/aromatic N) is 1. The summed E-state index contributed by atoms with van der Waals surface area (Å²) < 4.78 is 1.53. The van der Waals surface area contributed by atoms with Crippen LogP contribution in [0.15, 0.2) is 18.5 Å². The van der Waals surface area contributed by atoms with Gasteiger partial charge in [-0.05, 0) is 11.1 Å². The van der Waals surface area contributed by atoms with Gasteiger partial charge in [-0.25, -0.2) is 0 Å². The number of rotatable bonds is 0.